The van der Waals surface area contributed by atoms with Gasteiger partial charge < -0.3 is 14.9 Å². The predicted octanol–water partition coefficient (Wildman–Crippen LogP) is 1.26. The second kappa shape index (κ2) is 4.06. The topological polar surface area (TPSA) is 66.8 Å². The summed E-state index contributed by atoms with van der Waals surface area (Å²) >= 11 is 0. The summed E-state index contributed by atoms with van der Waals surface area (Å²) in [7, 11) is 0. The Hall–Kier alpha value is -0.870. The van der Waals surface area contributed by atoms with Crippen molar-refractivity contribution >= 4 is 5.97 Å². The van der Waals surface area contributed by atoms with E-state index in [9.17, 15) is 15.0 Å². The molecule has 5 unspecified atom stereocenters. The van der Waals surface area contributed by atoms with Gasteiger partial charge >= 0.3 is 5.97 Å². The zero-order valence-electron chi connectivity index (χ0n) is 11.5. The smallest absolute Gasteiger partial charge is 0.334 e. The molecule has 0 aromatic carbocycles. The van der Waals surface area contributed by atoms with Crippen LogP contribution < -0.4 is 0 Å². The van der Waals surface area contributed by atoms with Gasteiger partial charge in [0.1, 0.15) is 6.10 Å². The van der Waals surface area contributed by atoms with Crippen molar-refractivity contribution in [1.29, 1.82) is 0 Å². The predicted molar refractivity (Wildman–Crippen MR) is 69.1 cm³/mol. The molecule has 2 N–H and O–H groups in total. The van der Waals surface area contributed by atoms with Gasteiger partial charge in [-0.1, -0.05) is 20.4 Å². The van der Waals surface area contributed by atoms with Gasteiger partial charge in [-0.2, -0.15) is 0 Å². The van der Waals surface area contributed by atoms with Crippen molar-refractivity contribution in [2.75, 3.05) is 0 Å². The minimum absolute atomic E-state index is 0.00935. The van der Waals surface area contributed by atoms with Gasteiger partial charge in [0.2, 0.25) is 0 Å². The molecule has 3 rings (SSSR count). The standard InChI is InChI=1S/C15H22O4/c1-7-4-11-9(8(2)14(18)19-11)6-15(3)12(17)5-10(16)13(7)15/h7,9-13,16-17H,2,4-6H2,1,3H3/t7?,9?,10-,11?,12+,13?,15?/m1/s1. The Morgan fingerprint density at radius 3 is 2.74 bits per heavy atom. The molecule has 0 bridgehead atoms. The van der Waals surface area contributed by atoms with Crippen molar-refractivity contribution in [2.45, 2.75) is 51.4 Å². The van der Waals surface area contributed by atoms with E-state index in [1.165, 1.54) is 0 Å². The van der Waals surface area contributed by atoms with Crippen LogP contribution in [0.2, 0.25) is 0 Å². The summed E-state index contributed by atoms with van der Waals surface area (Å²) in [6, 6.07) is 0. The molecule has 0 spiro atoms. The molecular weight excluding hydrogens is 244 g/mol. The Morgan fingerprint density at radius 2 is 2.05 bits per heavy atom. The lowest BCUT2D eigenvalue weighted by Gasteiger charge is -2.37. The van der Waals surface area contributed by atoms with Crippen LogP contribution in [0.25, 0.3) is 0 Å². The molecule has 7 atom stereocenters. The van der Waals surface area contributed by atoms with Crippen LogP contribution in [-0.2, 0) is 9.53 Å². The lowest BCUT2D eigenvalue weighted by atomic mass is 9.69. The first kappa shape index (κ1) is 13.1. The van der Waals surface area contributed by atoms with Gasteiger partial charge in [0.25, 0.3) is 0 Å². The minimum Gasteiger partial charge on any atom is -0.458 e. The van der Waals surface area contributed by atoms with Crippen LogP contribution in [0, 0.1) is 23.2 Å². The van der Waals surface area contributed by atoms with Crippen LogP contribution in [0.4, 0.5) is 0 Å². The van der Waals surface area contributed by atoms with Crippen molar-refractivity contribution in [2.24, 2.45) is 23.2 Å². The van der Waals surface area contributed by atoms with Gasteiger partial charge in [-0.25, -0.2) is 4.79 Å². The van der Waals surface area contributed by atoms with Crippen LogP contribution in [0.5, 0.6) is 0 Å². The van der Waals surface area contributed by atoms with Crippen molar-refractivity contribution in [3.63, 3.8) is 0 Å². The number of aliphatic hydroxyl groups excluding tert-OH is 2. The minimum atomic E-state index is -0.516. The number of fused-ring (bicyclic) bond motifs is 2. The monoisotopic (exact) mass is 266 g/mol. The summed E-state index contributed by atoms with van der Waals surface area (Å²) in [4.78, 5) is 11.7. The van der Waals surface area contributed by atoms with Crippen molar-refractivity contribution < 1.29 is 19.7 Å². The highest BCUT2D eigenvalue weighted by atomic mass is 16.6. The van der Waals surface area contributed by atoms with Gasteiger partial charge in [-0.05, 0) is 30.1 Å². The molecule has 1 aliphatic heterocycles. The fourth-order valence-corrected chi connectivity index (χ4v) is 4.73. The van der Waals surface area contributed by atoms with Crippen LogP contribution >= 0.6 is 0 Å². The van der Waals surface area contributed by atoms with E-state index < -0.39 is 12.2 Å². The Morgan fingerprint density at radius 1 is 1.37 bits per heavy atom. The van der Waals surface area contributed by atoms with E-state index in [-0.39, 0.29) is 35.2 Å². The first-order valence-electron chi connectivity index (χ1n) is 7.10. The molecule has 4 heteroatoms. The molecule has 19 heavy (non-hydrogen) atoms. The van der Waals surface area contributed by atoms with E-state index in [1.807, 2.05) is 6.92 Å². The average molecular weight is 266 g/mol. The SMILES string of the molecule is C=C1C(=O)OC2CC(C)C3[C@H](O)C[C@H](O)C3(C)CC12. The molecule has 1 heterocycles. The number of esters is 1. The molecule has 0 amide bonds. The van der Waals surface area contributed by atoms with Crippen LogP contribution in [0.1, 0.15) is 33.1 Å². The van der Waals surface area contributed by atoms with E-state index in [0.29, 0.717) is 18.4 Å². The first-order chi connectivity index (χ1) is 8.84. The first-order valence-corrected chi connectivity index (χ1v) is 7.10. The summed E-state index contributed by atoms with van der Waals surface area (Å²) < 4.78 is 5.41. The Labute approximate surface area is 113 Å². The van der Waals surface area contributed by atoms with Crippen molar-refractivity contribution in [3.8, 4) is 0 Å². The van der Waals surface area contributed by atoms with Crippen LogP contribution in [-0.4, -0.2) is 34.5 Å². The maximum absolute atomic E-state index is 11.7. The number of hydrogen-bond acceptors (Lipinski definition) is 4. The fourth-order valence-electron chi connectivity index (χ4n) is 4.73. The second-order valence-corrected chi connectivity index (χ2v) is 6.84. The lowest BCUT2D eigenvalue weighted by molar-refractivity contribution is -0.139. The van der Waals surface area contributed by atoms with E-state index >= 15 is 0 Å². The summed E-state index contributed by atoms with van der Waals surface area (Å²) in [6.45, 7) is 7.98. The summed E-state index contributed by atoms with van der Waals surface area (Å²) in [6.07, 6.45) is 0.755. The number of rotatable bonds is 0. The Kier molecular flexibility index (Phi) is 2.81. The summed E-state index contributed by atoms with van der Waals surface area (Å²) in [5.41, 5.74) is 0.183. The average Bonchev–Trinajstić information content (AvgIpc) is 2.63. The van der Waals surface area contributed by atoms with Gasteiger partial charge in [-0.15, -0.1) is 0 Å². The number of ether oxygens (including phenoxy) is 1. The number of hydrogen-bond donors (Lipinski definition) is 2. The van der Waals surface area contributed by atoms with Gasteiger partial charge in [0, 0.05) is 17.9 Å². The molecule has 0 aromatic heterocycles. The normalized spacial score (nSPS) is 53.5. The van der Waals surface area contributed by atoms with E-state index in [1.54, 1.807) is 0 Å². The number of carbonyl (C=O) groups is 1. The fraction of sp³-hybridized carbons (Fsp3) is 0.800. The highest BCUT2D eigenvalue weighted by Crippen LogP contribution is 2.56. The molecule has 0 radical (unpaired) electrons. The summed E-state index contributed by atoms with van der Waals surface area (Å²) in [5.74, 6) is -0.00682. The third-order valence-electron chi connectivity index (χ3n) is 5.70. The lowest BCUT2D eigenvalue weighted by Crippen LogP contribution is -2.37. The van der Waals surface area contributed by atoms with Crippen molar-refractivity contribution in [3.05, 3.63) is 12.2 Å². The van der Waals surface area contributed by atoms with Gasteiger partial charge in [0.05, 0.1) is 12.2 Å². The Bertz CT molecular complexity index is 432. The maximum atomic E-state index is 11.7. The van der Waals surface area contributed by atoms with E-state index in [0.717, 1.165) is 6.42 Å². The Balaban J connectivity index is 1.98. The molecule has 0 aromatic rings. The number of carbonyl (C=O) groups excluding carboxylic acids is 1. The quantitative estimate of drug-likeness (QED) is 0.512. The third kappa shape index (κ3) is 1.69. The molecule has 3 aliphatic rings. The van der Waals surface area contributed by atoms with Crippen LogP contribution in [0.15, 0.2) is 12.2 Å². The number of aliphatic hydroxyl groups is 2. The molecule has 3 fully saturated rings. The largest absolute Gasteiger partial charge is 0.458 e. The van der Waals surface area contributed by atoms with Crippen molar-refractivity contribution in [1.82, 2.24) is 0 Å². The molecule has 4 nitrogen and oxygen atoms in total. The molecule has 1 saturated heterocycles. The highest BCUT2D eigenvalue weighted by molar-refractivity contribution is 5.90. The molecule has 2 aliphatic carbocycles. The third-order valence-corrected chi connectivity index (χ3v) is 5.70. The zero-order chi connectivity index (χ0) is 13.9. The van der Waals surface area contributed by atoms with Crippen LogP contribution in [0.3, 0.4) is 0 Å². The zero-order valence-corrected chi connectivity index (χ0v) is 11.5. The maximum Gasteiger partial charge on any atom is 0.334 e. The van der Waals surface area contributed by atoms with E-state index in [4.69, 9.17) is 4.74 Å². The summed E-state index contributed by atoms with van der Waals surface area (Å²) in [5, 5.41) is 20.6. The molecule has 106 valence electrons. The second-order valence-electron chi connectivity index (χ2n) is 6.84. The van der Waals surface area contributed by atoms with E-state index in [2.05, 4.69) is 13.5 Å². The molecule has 2 saturated carbocycles. The van der Waals surface area contributed by atoms with Gasteiger partial charge in [0.15, 0.2) is 0 Å². The molecular formula is C15H22O4. The highest BCUT2D eigenvalue weighted by Gasteiger charge is 2.58. The van der Waals surface area contributed by atoms with Gasteiger partial charge in [-0.3, -0.25) is 0 Å².